The summed E-state index contributed by atoms with van der Waals surface area (Å²) in [5, 5.41) is 5.98. The molecule has 7 nitrogen and oxygen atoms in total. The van der Waals surface area contributed by atoms with Gasteiger partial charge in [-0.25, -0.2) is 8.78 Å². The van der Waals surface area contributed by atoms with Crippen molar-refractivity contribution in [3.63, 3.8) is 0 Å². The molecule has 0 amide bonds. The number of hydrogen-bond acceptors (Lipinski definition) is 7. The summed E-state index contributed by atoms with van der Waals surface area (Å²) in [6, 6.07) is 12.0. The maximum atomic E-state index is 13.5. The van der Waals surface area contributed by atoms with Gasteiger partial charge < -0.3 is 20.3 Å². The van der Waals surface area contributed by atoms with Gasteiger partial charge in [-0.05, 0) is 36.4 Å². The first-order valence-electron chi connectivity index (χ1n) is 8.80. The van der Waals surface area contributed by atoms with Crippen LogP contribution in [0.25, 0.3) is 0 Å². The number of rotatable bonds is 5. The number of aromatic nitrogens is 3. The molecule has 152 valence electrons. The van der Waals surface area contributed by atoms with E-state index in [9.17, 15) is 8.78 Å². The molecule has 0 aliphatic carbocycles. The van der Waals surface area contributed by atoms with Gasteiger partial charge in [-0.3, -0.25) is 0 Å². The lowest BCUT2D eigenvalue weighted by atomic mass is 10.3. The lowest BCUT2D eigenvalue weighted by Crippen LogP contribution is -2.37. The molecule has 0 spiro atoms. The minimum Gasteiger partial charge on any atom is -0.378 e. The average Bonchev–Trinajstić information content (AvgIpc) is 2.68. The molecule has 1 fully saturated rings. The Hall–Kier alpha value is -3.04. The predicted octanol–water partition coefficient (Wildman–Crippen LogP) is 3.90. The van der Waals surface area contributed by atoms with Gasteiger partial charge in [0.2, 0.25) is 17.8 Å². The lowest BCUT2D eigenvalue weighted by molar-refractivity contribution is 0.122. The molecule has 10 heteroatoms. The summed E-state index contributed by atoms with van der Waals surface area (Å²) in [7, 11) is 0. The molecule has 2 aromatic carbocycles. The quantitative estimate of drug-likeness (QED) is 0.648. The number of ether oxygens (including phenoxy) is 1. The second-order valence-electron chi connectivity index (χ2n) is 6.15. The van der Waals surface area contributed by atoms with Crippen molar-refractivity contribution in [3.8, 4) is 0 Å². The van der Waals surface area contributed by atoms with Crippen LogP contribution in [-0.4, -0.2) is 41.3 Å². The fourth-order valence-corrected chi connectivity index (χ4v) is 2.77. The lowest BCUT2D eigenvalue weighted by Gasteiger charge is -2.27. The van der Waals surface area contributed by atoms with E-state index < -0.39 is 0 Å². The Morgan fingerprint density at radius 1 is 0.793 bits per heavy atom. The summed E-state index contributed by atoms with van der Waals surface area (Å²) in [4.78, 5) is 15.2. The van der Waals surface area contributed by atoms with E-state index in [1.54, 1.807) is 24.3 Å². The molecule has 2 heterocycles. The smallest absolute Gasteiger partial charge is 0.233 e. The van der Waals surface area contributed by atoms with Crippen molar-refractivity contribution in [2.45, 2.75) is 0 Å². The van der Waals surface area contributed by atoms with Gasteiger partial charge in [-0.15, -0.1) is 12.4 Å². The second-order valence-corrected chi connectivity index (χ2v) is 6.15. The van der Waals surface area contributed by atoms with Crippen LogP contribution >= 0.6 is 12.4 Å². The number of nitrogens with one attached hydrogen (secondary N) is 2. The van der Waals surface area contributed by atoms with Crippen LogP contribution in [0.1, 0.15) is 0 Å². The molecule has 29 heavy (non-hydrogen) atoms. The summed E-state index contributed by atoms with van der Waals surface area (Å²) in [5.74, 6) is 0.217. The van der Waals surface area contributed by atoms with Gasteiger partial charge in [0.25, 0.3) is 0 Å². The number of benzene rings is 2. The van der Waals surface area contributed by atoms with Gasteiger partial charge in [0.05, 0.1) is 13.2 Å². The van der Waals surface area contributed by atoms with Crippen LogP contribution in [0.3, 0.4) is 0 Å². The molecule has 0 unspecified atom stereocenters. The number of morpholine rings is 1. The number of anilines is 5. The normalized spacial score (nSPS) is 13.5. The summed E-state index contributed by atoms with van der Waals surface area (Å²) >= 11 is 0. The van der Waals surface area contributed by atoms with Crippen LogP contribution in [0.4, 0.5) is 38.0 Å². The van der Waals surface area contributed by atoms with Crippen molar-refractivity contribution in [2.75, 3.05) is 41.8 Å². The maximum absolute atomic E-state index is 13.5. The van der Waals surface area contributed by atoms with E-state index in [1.807, 2.05) is 4.90 Å². The van der Waals surface area contributed by atoms with Crippen LogP contribution in [-0.2, 0) is 4.74 Å². The van der Waals surface area contributed by atoms with Gasteiger partial charge in [0, 0.05) is 24.5 Å². The highest BCUT2D eigenvalue weighted by Gasteiger charge is 2.17. The van der Waals surface area contributed by atoms with Crippen molar-refractivity contribution >= 4 is 41.6 Å². The zero-order valence-corrected chi connectivity index (χ0v) is 16.1. The Kier molecular flexibility index (Phi) is 6.73. The molecule has 1 aliphatic heterocycles. The van der Waals surface area contributed by atoms with Crippen LogP contribution in [0.5, 0.6) is 0 Å². The van der Waals surface area contributed by atoms with Crippen molar-refractivity contribution in [2.24, 2.45) is 0 Å². The Balaban J connectivity index is 0.00000240. The standard InChI is InChI=1S/C19H18F2N6O.ClH/c20-13-3-1-5-15(11-13)22-17-24-18(23-16-6-2-4-14(21)12-16)26-19(25-17)27-7-9-28-10-8-27;/h1-6,11-12H,7-10H2,(H2,22,23,24,25,26);1H. The molecular formula is C19H19ClF2N6O. The summed E-state index contributed by atoms with van der Waals surface area (Å²) in [5.41, 5.74) is 1.02. The van der Waals surface area contributed by atoms with E-state index in [1.165, 1.54) is 24.3 Å². The van der Waals surface area contributed by atoms with E-state index in [2.05, 4.69) is 25.6 Å². The number of nitrogens with zero attached hydrogens (tertiary/aromatic N) is 4. The molecule has 2 N–H and O–H groups in total. The highest BCUT2D eigenvalue weighted by atomic mass is 35.5. The van der Waals surface area contributed by atoms with Crippen molar-refractivity contribution < 1.29 is 13.5 Å². The van der Waals surface area contributed by atoms with Gasteiger partial charge in [-0.2, -0.15) is 15.0 Å². The van der Waals surface area contributed by atoms with Gasteiger partial charge in [0.1, 0.15) is 11.6 Å². The van der Waals surface area contributed by atoms with E-state index in [-0.39, 0.29) is 35.9 Å². The van der Waals surface area contributed by atoms with Gasteiger partial charge in [0.15, 0.2) is 0 Å². The zero-order chi connectivity index (χ0) is 19.3. The Morgan fingerprint density at radius 2 is 1.31 bits per heavy atom. The molecule has 4 rings (SSSR count). The average molecular weight is 421 g/mol. The molecule has 1 aliphatic rings. The van der Waals surface area contributed by atoms with Crippen molar-refractivity contribution in [3.05, 3.63) is 60.2 Å². The fraction of sp³-hybridized carbons (Fsp3) is 0.211. The van der Waals surface area contributed by atoms with Crippen molar-refractivity contribution in [1.29, 1.82) is 0 Å². The third-order valence-electron chi connectivity index (χ3n) is 4.08. The number of hydrogen-bond donors (Lipinski definition) is 2. The fourth-order valence-electron chi connectivity index (χ4n) is 2.77. The van der Waals surface area contributed by atoms with Gasteiger partial charge in [-0.1, -0.05) is 12.1 Å². The molecule has 1 aromatic heterocycles. The van der Waals surface area contributed by atoms with E-state index in [0.29, 0.717) is 43.6 Å². The van der Waals surface area contributed by atoms with Crippen LogP contribution in [0, 0.1) is 11.6 Å². The van der Waals surface area contributed by atoms with Crippen LogP contribution in [0.15, 0.2) is 48.5 Å². The van der Waals surface area contributed by atoms with Gasteiger partial charge >= 0.3 is 0 Å². The topological polar surface area (TPSA) is 75.2 Å². The third-order valence-corrected chi connectivity index (χ3v) is 4.08. The minimum atomic E-state index is -0.370. The highest BCUT2D eigenvalue weighted by molar-refractivity contribution is 5.85. The molecular weight excluding hydrogens is 402 g/mol. The Labute approximate surface area is 172 Å². The summed E-state index contributed by atoms with van der Waals surface area (Å²) < 4.78 is 32.3. The second kappa shape index (κ2) is 9.44. The van der Waals surface area contributed by atoms with E-state index in [4.69, 9.17) is 4.74 Å². The van der Waals surface area contributed by atoms with E-state index >= 15 is 0 Å². The predicted molar refractivity (Wildman–Crippen MR) is 109 cm³/mol. The first kappa shape index (κ1) is 20.7. The van der Waals surface area contributed by atoms with Crippen LogP contribution in [0.2, 0.25) is 0 Å². The molecule has 0 saturated carbocycles. The zero-order valence-electron chi connectivity index (χ0n) is 15.3. The largest absolute Gasteiger partial charge is 0.378 e. The Morgan fingerprint density at radius 3 is 1.79 bits per heavy atom. The third kappa shape index (κ3) is 5.49. The molecule has 0 bridgehead atoms. The Bertz CT molecular complexity index is 905. The summed E-state index contributed by atoms with van der Waals surface area (Å²) in [6.45, 7) is 2.43. The molecule has 0 radical (unpaired) electrons. The highest BCUT2D eigenvalue weighted by Crippen LogP contribution is 2.21. The first-order chi connectivity index (χ1) is 13.7. The summed E-state index contributed by atoms with van der Waals surface area (Å²) in [6.07, 6.45) is 0. The minimum absolute atomic E-state index is 0. The van der Waals surface area contributed by atoms with Crippen LogP contribution < -0.4 is 15.5 Å². The van der Waals surface area contributed by atoms with Crippen molar-refractivity contribution in [1.82, 2.24) is 15.0 Å². The SMILES string of the molecule is Cl.Fc1cccc(Nc2nc(Nc3cccc(F)c3)nc(N3CCOCC3)n2)c1. The van der Waals surface area contributed by atoms with E-state index in [0.717, 1.165) is 0 Å². The number of halogens is 3. The molecule has 0 atom stereocenters. The monoisotopic (exact) mass is 420 g/mol. The first-order valence-corrected chi connectivity index (χ1v) is 8.80. The molecule has 3 aromatic rings. The maximum Gasteiger partial charge on any atom is 0.233 e. The molecule has 1 saturated heterocycles.